The number of nitrogens with zero attached hydrogens (tertiary/aromatic N) is 1. The number of carbonyl (C=O) groups excluding carboxylic acids is 2. The average Bonchev–Trinajstić information content (AvgIpc) is 2.78. The van der Waals surface area contributed by atoms with Gasteiger partial charge in [0.05, 0.1) is 0 Å². The molecule has 0 radical (unpaired) electrons. The van der Waals surface area contributed by atoms with Gasteiger partial charge in [0.15, 0.2) is 6.61 Å². The van der Waals surface area contributed by atoms with Gasteiger partial charge in [-0.05, 0) is 66.2 Å². The summed E-state index contributed by atoms with van der Waals surface area (Å²) in [7, 11) is 0. The lowest BCUT2D eigenvalue weighted by molar-refractivity contribution is -0.118. The van der Waals surface area contributed by atoms with E-state index >= 15 is 0 Å². The van der Waals surface area contributed by atoms with Crippen LogP contribution >= 0.6 is 11.6 Å². The largest absolute Gasteiger partial charge is 0.484 e. The SMILES string of the molecule is N#CC(=Cc1cccc(OCC(=O)Nc2ccc(F)cc2)c1)C(=O)Nc1cccc(Cl)c1. The highest BCUT2D eigenvalue weighted by atomic mass is 35.5. The quantitative estimate of drug-likeness (QED) is 0.390. The fraction of sp³-hybridized carbons (Fsp3) is 0.0417. The fourth-order valence-electron chi connectivity index (χ4n) is 2.65. The summed E-state index contributed by atoms with van der Waals surface area (Å²) < 4.78 is 18.4. The van der Waals surface area contributed by atoms with Crippen molar-refractivity contribution < 1.29 is 18.7 Å². The number of anilines is 2. The van der Waals surface area contributed by atoms with Crippen LogP contribution in [0.5, 0.6) is 5.75 Å². The Bertz CT molecular complexity index is 1200. The first kappa shape index (κ1) is 22.5. The molecular weight excluding hydrogens is 433 g/mol. The van der Waals surface area contributed by atoms with Gasteiger partial charge in [0.1, 0.15) is 23.2 Å². The molecule has 32 heavy (non-hydrogen) atoms. The molecule has 6 nitrogen and oxygen atoms in total. The standard InChI is InChI=1S/C24H17ClFN3O3/c25-18-4-2-5-21(13-18)29-24(31)17(14-27)11-16-3-1-6-22(12-16)32-15-23(30)28-20-9-7-19(26)8-10-20/h1-13H,15H2,(H,28,30)(H,29,31). The number of hydrogen-bond donors (Lipinski definition) is 2. The van der Waals surface area contributed by atoms with Gasteiger partial charge in [-0.15, -0.1) is 0 Å². The van der Waals surface area contributed by atoms with Crippen LogP contribution in [-0.2, 0) is 9.59 Å². The van der Waals surface area contributed by atoms with E-state index < -0.39 is 17.6 Å². The van der Waals surface area contributed by atoms with Gasteiger partial charge in [0.25, 0.3) is 11.8 Å². The zero-order chi connectivity index (χ0) is 22.9. The molecule has 0 aromatic heterocycles. The first-order valence-electron chi connectivity index (χ1n) is 9.40. The van der Waals surface area contributed by atoms with Gasteiger partial charge in [-0.1, -0.05) is 29.8 Å². The Labute approximate surface area is 188 Å². The lowest BCUT2D eigenvalue weighted by Crippen LogP contribution is -2.20. The zero-order valence-corrected chi connectivity index (χ0v) is 17.4. The first-order valence-corrected chi connectivity index (χ1v) is 9.78. The van der Waals surface area contributed by atoms with Crippen molar-refractivity contribution in [1.29, 1.82) is 5.26 Å². The van der Waals surface area contributed by atoms with Crippen molar-refractivity contribution in [3.63, 3.8) is 0 Å². The summed E-state index contributed by atoms with van der Waals surface area (Å²) in [6.45, 7) is -0.273. The Kier molecular flexibility index (Phi) is 7.57. The average molecular weight is 450 g/mol. The van der Waals surface area contributed by atoms with Crippen molar-refractivity contribution >= 4 is 40.9 Å². The Morgan fingerprint density at radius 2 is 1.75 bits per heavy atom. The molecule has 0 aliphatic carbocycles. The Hall–Kier alpha value is -4.15. The molecule has 3 aromatic rings. The normalized spacial score (nSPS) is 10.7. The van der Waals surface area contributed by atoms with Crippen molar-refractivity contribution in [3.05, 3.63) is 94.8 Å². The fourth-order valence-corrected chi connectivity index (χ4v) is 2.84. The molecular formula is C24H17ClFN3O3. The predicted molar refractivity (Wildman–Crippen MR) is 121 cm³/mol. The number of hydrogen-bond acceptors (Lipinski definition) is 4. The maximum atomic E-state index is 12.9. The number of benzene rings is 3. The second kappa shape index (κ2) is 10.8. The molecule has 2 amide bonds. The summed E-state index contributed by atoms with van der Waals surface area (Å²) in [5.41, 5.74) is 1.34. The number of nitrogens with one attached hydrogen (secondary N) is 2. The minimum absolute atomic E-state index is 0.115. The summed E-state index contributed by atoms with van der Waals surface area (Å²) in [4.78, 5) is 24.4. The van der Waals surface area contributed by atoms with Crippen molar-refractivity contribution in [2.45, 2.75) is 0 Å². The van der Waals surface area contributed by atoms with Crippen LogP contribution in [0.15, 0.2) is 78.4 Å². The molecule has 3 aromatic carbocycles. The lowest BCUT2D eigenvalue weighted by atomic mass is 10.1. The van der Waals surface area contributed by atoms with Crippen molar-refractivity contribution in [2.24, 2.45) is 0 Å². The molecule has 0 fully saturated rings. The van der Waals surface area contributed by atoms with Gasteiger partial charge < -0.3 is 15.4 Å². The van der Waals surface area contributed by atoms with Gasteiger partial charge in [-0.3, -0.25) is 9.59 Å². The van der Waals surface area contributed by atoms with Crippen LogP contribution in [0, 0.1) is 17.1 Å². The number of carbonyl (C=O) groups is 2. The molecule has 2 N–H and O–H groups in total. The van der Waals surface area contributed by atoms with Gasteiger partial charge in [-0.2, -0.15) is 5.26 Å². The number of halogens is 2. The number of ether oxygens (including phenoxy) is 1. The molecule has 160 valence electrons. The summed E-state index contributed by atoms with van der Waals surface area (Å²) in [6, 6.07) is 20.4. The highest BCUT2D eigenvalue weighted by Crippen LogP contribution is 2.19. The first-order chi connectivity index (χ1) is 15.4. The molecule has 3 rings (SSSR count). The van der Waals surface area contributed by atoms with Crippen LogP contribution in [-0.4, -0.2) is 18.4 Å². The molecule has 0 spiro atoms. The van der Waals surface area contributed by atoms with Gasteiger partial charge in [0, 0.05) is 16.4 Å². The third kappa shape index (κ3) is 6.69. The second-order valence-corrected chi connectivity index (χ2v) is 6.99. The molecule has 0 aliphatic rings. The molecule has 0 saturated heterocycles. The van der Waals surface area contributed by atoms with Crippen LogP contribution in [0.1, 0.15) is 5.56 Å². The summed E-state index contributed by atoms with van der Waals surface area (Å²) in [6.07, 6.45) is 1.41. The van der Waals surface area contributed by atoms with Gasteiger partial charge >= 0.3 is 0 Å². The van der Waals surface area contributed by atoms with E-state index in [1.807, 2.05) is 6.07 Å². The molecule has 0 heterocycles. The maximum Gasteiger partial charge on any atom is 0.266 e. The monoisotopic (exact) mass is 449 g/mol. The maximum absolute atomic E-state index is 12.9. The minimum Gasteiger partial charge on any atom is -0.484 e. The van der Waals surface area contributed by atoms with Crippen LogP contribution in [0.3, 0.4) is 0 Å². The molecule has 0 atom stereocenters. The van der Waals surface area contributed by atoms with E-state index in [1.54, 1.807) is 48.5 Å². The molecule has 0 unspecified atom stereocenters. The molecule has 0 aliphatic heterocycles. The number of rotatable bonds is 7. The Morgan fingerprint density at radius 3 is 2.47 bits per heavy atom. The minimum atomic E-state index is -0.584. The van der Waals surface area contributed by atoms with E-state index in [1.165, 1.54) is 30.3 Å². The molecule has 0 saturated carbocycles. The highest BCUT2D eigenvalue weighted by molar-refractivity contribution is 6.31. The second-order valence-electron chi connectivity index (χ2n) is 6.55. The number of nitriles is 1. The van der Waals surface area contributed by atoms with E-state index in [0.29, 0.717) is 27.7 Å². The lowest BCUT2D eigenvalue weighted by Gasteiger charge is -2.08. The van der Waals surface area contributed by atoms with E-state index in [2.05, 4.69) is 10.6 Å². The van der Waals surface area contributed by atoms with Crippen molar-refractivity contribution in [1.82, 2.24) is 0 Å². The smallest absolute Gasteiger partial charge is 0.266 e. The Morgan fingerprint density at radius 1 is 1.00 bits per heavy atom. The summed E-state index contributed by atoms with van der Waals surface area (Å²) in [5.74, 6) is -1.03. The summed E-state index contributed by atoms with van der Waals surface area (Å²) >= 11 is 5.90. The van der Waals surface area contributed by atoms with Crippen LogP contribution in [0.4, 0.5) is 15.8 Å². The van der Waals surface area contributed by atoms with Crippen LogP contribution < -0.4 is 15.4 Å². The van der Waals surface area contributed by atoms with Crippen molar-refractivity contribution in [3.8, 4) is 11.8 Å². The van der Waals surface area contributed by atoms with Crippen LogP contribution in [0.2, 0.25) is 5.02 Å². The zero-order valence-electron chi connectivity index (χ0n) is 16.6. The third-order valence-electron chi connectivity index (χ3n) is 4.11. The van der Waals surface area contributed by atoms with E-state index in [9.17, 15) is 19.2 Å². The van der Waals surface area contributed by atoms with E-state index in [-0.39, 0.29) is 12.2 Å². The topological polar surface area (TPSA) is 91.2 Å². The van der Waals surface area contributed by atoms with E-state index in [0.717, 1.165) is 0 Å². The third-order valence-corrected chi connectivity index (χ3v) is 4.35. The van der Waals surface area contributed by atoms with Gasteiger partial charge in [-0.25, -0.2) is 4.39 Å². The van der Waals surface area contributed by atoms with Crippen LogP contribution in [0.25, 0.3) is 6.08 Å². The number of amides is 2. The summed E-state index contributed by atoms with van der Waals surface area (Å²) in [5, 5.41) is 15.0. The van der Waals surface area contributed by atoms with E-state index in [4.69, 9.17) is 16.3 Å². The highest BCUT2D eigenvalue weighted by Gasteiger charge is 2.10. The molecule has 8 heteroatoms. The van der Waals surface area contributed by atoms with Gasteiger partial charge in [0.2, 0.25) is 0 Å². The molecule has 0 bridgehead atoms. The van der Waals surface area contributed by atoms with Crippen molar-refractivity contribution in [2.75, 3.05) is 17.2 Å². The predicted octanol–water partition coefficient (Wildman–Crippen LogP) is 5.04. The Balaban J connectivity index is 1.62.